The van der Waals surface area contributed by atoms with Crippen LogP contribution in [0.4, 0.5) is 0 Å². The topological polar surface area (TPSA) is 98.1 Å². The van der Waals surface area contributed by atoms with Crippen LogP contribution < -0.4 is 0 Å². The molecule has 1 saturated heterocycles. The van der Waals surface area contributed by atoms with Gasteiger partial charge in [0.25, 0.3) is 0 Å². The first kappa shape index (κ1) is 13.7. The number of fused-ring (bicyclic) bond motifs is 1. The molecule has 2 unspecified atom stereocenters. The molecule has 3 atom stereocenters. The van der Waals surface area contributed by atoms with Gasteiger partial charge < -0.3 is 15.3 Å². The van der Waals surface area contributed by atoms with E-state index in [9.17, 15) is 14.7 Å². The number of carbonyl (C=O) groups is 2. The SMILES string of the molecule is CC(O)[C@H]1C(=O)N2C(C(=O)O)=C(SCCO)SC12. The second kappa shape index (κ2) is 5.12. The highest BCUT2D eigenvalue weighted by Crippen LogP contribution is 2.53. The highest BCUT2D eigenvalue weighted by molar-refractivity contribution is 8.22. The summed E-state index contributed by atoms with van der Waals surface area (Å²) in [5, 5.41) is 27.1. The van der Waals surface area contributed by atoms with E-state index in [2.05, 4.69) is 0 Å². The Morgan fingerprint density at radius 3 is 2.78 bits per heavy atom. The zero-order valence-electron chi connectivity index (χ0n) is 9.57. The van der Waals surface area contributed by atoms with E-state index in [4.69, 9.17) is 10.2 Å². The Morgan fingerprint density at radius 2 is 2.28 bits per heavy atom. The predicted molar refractivity (Wildman–Crippen MR) is 67.6 cm³/mol. The third-order valence-corrected chi connectivity index (χ3v) is 5.43. The van der Waals surface area contributed by atoms with Gasteiger partial charge in [0.15, 0.2) is 5.70 Å². The summed E-state index contributed by atoms with van der Waals surface area (Å²) >= 11 is 2.49. The predicted octanol–water partition coefficient (Wildman–Crippen LogP) is -0.122. The molecule has 18 heavy (non-hydrogen) atoms. The van der Waals surface area contributed by atoms with E-state index in [1.807, 2.05) is 0 Å². The van der Waals surface area contributed by atoms with Crippen molar-refractivity contribution in [1.29, 1.82) is 0 Å². The number of aliphatic hydroxyl groups excluding tert-OH is 2. The molecule has 0 aromatic rings. The lowest BCUT2D eigenvalue weighted by Gasteiger charge is -2.43. The molecular weight excluding hydrogens is 278 g/mol. The minimum Gasteiger partial charge on any atom is -0.477 e. The molecule has 3 N–H and O–H groups in total. The summed E-state index contributed by atoms with van der Waals surface area (Å²) in [5.74, 6) is -1.66. The van der Waals surface area contributed by atoms with Crippen LogP contribution in [-0.2, 0) is 9.59 Å². The lowest BCUT2D eigenvalue weighted by molar-refractivity contribution is -0.156. The van der Waals surface area contributed by atoms with Crippen molar-refractivity contribution < 1.29 is 24.9 Å². The van der Waals surface area contributed by atoms with Crippen LogP contribution >= 0.6 is 23.5 Å². The molecule has 0 spiro atoms. The van der Waals surface area contributed by atoms with Crippen LogP contribution in [0.3, 0.4) is 0 Å². The molecule has 0 aliphatic carbocycles. The Labute approximate surface area is 112 Å². The quantitative estimate of drug-likeness (QED) is 0.607. The fourth-order valence-electron chi connectivity index (χ4n) is 1.99. The number of aliphatic carboxylic acids is 1. The van der Waals surface area contributed by atoms with Gasteiger partial charge in [-0.05, 0) is 6.92 Å². The van der Waals surface area contributed by atoms with Crippen molar-refractivity contribution in [3.05, 3.63) is 9.93 Å². The summed E-state index contributed by atoms with van der Waals surface area (Å²) in [6.07, 6.45) is -0.788. The summed E-state index contributed by atoms with van der Waals surface area (Å²) in [6.45, 7) is 1.47. The van der Waals surface area contributed by atoms with E-state index in [1.165, 1.54) is 35.3 Å². The van der Waals surface area contributed by atoms with E-state index in [1.54, 1.807) is 0 Å². The molecule has 1 amide bonds. The number of carboxylic acids is 1. The number of carboxylic acid groups (broad SMARTS) is 1. The lowest BCUT2D eigenvalue weighted by atomic mass is 9.92. The second-order valence-corrected chi connectivity index (χ2v) is 6.49. The Kier molecular flexibility index (Phi) is 3.90. The van der Waals surface area contributed by atoms with Crippen LogP contribution in [0.2, 0.25) is 0 Å². The number of hydrogen-bond donors (Lipinski definition) is 3. The zero-order chi connectivity index (χ0) is 13.4. The standard InChI is InChI=1S/C10H13NO5S2/c1-4(13)5-7(14)11-6(9(15)16)10(17-3-2-12)18-8(5)11/h4-5,8,12-13H,2-3H2,1H3,(H,15,16)/t4?,5-,8?/m0/s1. The van der Waals surface area contributed by atoms with Crippen molar-refractivity contribution in [2.45, 2.75) is 18.4 Å². The molecule has 0 aromatic carbocycles. The molecule has 8 heteroatoms. The molecule has 1 fully saturated rings. The first-order valence-electron chi connectivity index (χ1n) is 5.38. The smallest absolute Gasteiger partial charge is 0.354 e. The summed E-state index contributed by atoms with van der Waals surface area (Å²) in [4.78, 5) is 24.2. The van der Waals surface area contributed by atoms with Crippen LogP contribution in [0.15, 0.2) is 9.93 Å². The zero-order valence-corrected chi connectivity index (χ0v) is 11.2. The monoisotopic (exact) mass is 291 g/mol. The van der Waals surface area contributed by atoms with Crippen LogP contribution in [0, 0.1) is 5.92 Å². The number of carbonyl (C=O) groups excluding carboxylic acids is 1. The normalized spacial score (nSPS) is 28.2. The molecule has 0 bridgehead atoms. The molecular formula is C10H13NO5S2. The lowest BCUT2D eigenvalue weighted by Crippen LogP contribution is -2.60. The largest absolute Gasteiger partial charge is 0.477 e. The summed E-state index contributed by atoms with van der Waals surface area (Å²) in [6, 6.07) is 0. The maximum Gasteiger partial charge on any atom is 0.354 e. The fraction of sp³-hybridized carbons (Fsp3) is 0.600. The Balaban J connectivity index is 2.21. The van der Waals surface area contributed by atoms with Gasteiger partial charge in [-0.1, -0.05) is 11.8 Å². The van der Waals surface area contributed by atoms with E-state index in [-0.39, 0.29) is 23.6 Å². The van der Waals surface area contributed by atoms with Gasteiger partial charge in [0.2, 0.25) is 5.91 Å². The van der Waals surface area contributed by atoms with Crippen molar-refractivity contribution >= 4 is 35.4 Å². The van der Waals surface area contributed by atoms with Crippen molar-refractivity contribution in [2.75, 3.05) is 12.4 Å². The number of aliphatic hydroxyl groups is 2. The minimum atomic E-state index is -1.15. The third-order valence-electron chi connectivity index (χ3n) is 2.79. The number of thioether (sulfide) groups is 2. The Hall–Kier alpha value is -0.700. The average molecular weight is 291 g/mol. The van der Waals surface area contributed by atoms with Gasteiger partial charge in [-0.25, -0.2) is 4.79 Å². The van der Waals surface area contributed by atoms with Crippen molar-refractivity contribution in [3.63, 3.8) is 0 Å². The Bertz CT molecular complexity index is 422. The molecule has 0 saturated carbocycles. The maximum absolute atomic E-state index is 11.8. The summed E-state index contributed by atoms with van der Waals surface area (Å²) < 4.78 is 0.526. The number of rotatable bonds is 5. The van der Waals surface area contributed by atoms with E-state index < -0.39 is 18.0 Å². The molecule has 2 aliphatic heterocycles. The van der Waals surface area contributed by atoms with Crippen LogP contribution in [0.1, 0.15) is 6.92 Å². The summed E-state index contributed by atoms with van der Waals surface area (Å²) in [5.41, 5.74) is -0.0228. The van der Waals surface area contributed by atoms with Crippen LogP contribution in [0.25, 0.3) is 0 Å². The third kappa shape index (κ3) is 2.03. The van der Waals surface area contributed by atoms with E-state index in [0.717, 1.165) is 0 Å². The van der Waals surface area contributed by atoms with Gasteiger partial charge in [0, 0.05) is 5.75 Å². The molecule has 0 radical (unpaired) electrons. The van der Waals surface area contributed by atoms with E-state index in [0.29, 0.717) is 9.99 Å². The van der Waals surface area contributed by atoms with Gasteiger partial charge in [-0.15, -0.1) is 11.8 Å². The van der Waals surface area contributed by atoms with Gasteiger partial charge >= 0.3 is 5.97 Å². The van der Waals surface area contributed by atoms with Gasteiger partial charge in [-0.3, -0.25) is 9.69 Å². The number of hydrogen-bond acceptors (Lipinski definition) is 6. The highest BCUT2D eigenvalue weighted by Gasteiger charge is 2.57. The second-order valence-electron chi connectivity index (χ2n) is 4.00. The maximum atomic E-state index is 11.8. The number of amides is 1. The number of β-lactam (4-membered cyclic amide) rings is 1. The average Bonchev–Trinajstić information content (AvgIpc) is 2.60. The first-order chi connectivity index (χ1) is 8.49. The molecule has 6 nitrogen and oxygen atoms in total. The van der Waals surface area contributed by atoms with E-state index >= 15 is 0 Å². The van der Waals surface area contributed by atoms with Crippen LogP contribution in [-0.4, -0.2) is 55.9 Å². The number of nitrogens with zero attached hydrogens (tertiary/aromatic N) is 1. The molecule has 2 aliphatic rings. The van der Waals surface area contributed by atoms with Gasteiger partial charge in [0.05, 0.1) is 22.9 Å². The molecule has 2 rings (SSSR count). The summed E-state index contributed by atoms with van der Waals surface area (Å²) in [7, 11) is 0. The molecule has 100 valence electrons. The van der Waals surface area contributed by atoms with Gasteiger partial charge in [-0.2, -0.15) is 0 Å². The first-order valence-corrected chi connectivity index (χ1v) is 7.24. The van der Waals surface area contributed by atoms with Crippen molar-refractivity contribution in [3.8, 4) is 0 Å². The van der Waals surface area contributed by atoms with Crippen molar-refractivity contribution in [2.24, 2.45) is 5.92 Å². The molecule has 0 aromatic heterocycles. The van der Waals surface area contributed by atoms with Gasteiger partial charge in [0.1, 0.15) is 5.37 Å². The van der Waals surface area contributed by atoms with Crippen LogP contribution in [0.5, 0.6) is 0 Å². The highest BCUT2D eigenvalue weighted by atomic mass is 32.2. The van der Waals surface area contributed by atoms with Crippen molar-refractivity contribution in [1.82, 2.24) is 4.90 Å². The minimum absolute atomic E-state index is 0.0228. The Morgan fingerprint density at radius 1 is 1.61 bits per heavy atom. The fourth-order valence-corrected chi connectivity index (χ4v) is 4.73. The molecule has 2 heterocycles.